The number of ether oxygens (including phenoxy) is 4. The third-order valence-electron chi connectivity index (χ3n) is 16.9. The second kappa shape index (κ2) is 11.9. The Kier molecular flexibility index (Phi) is 8.58. The van der Waals surface area contributed by atoms with Gasteiger partial charge in [-0.05, 0) is 116 Å². The molecule has 2 heterocycles. The quantitative estimate of drug-likeness (QED) is 0.331. The molecule has 15 unspecified atom stereocenters. The van der Waals surface area contributed by atoms with E-state index in [4.69, 9.17) is 24.7 Å². The fraction of sp³-hybridized carbons (Fsp3) is 0.857. The predicted octanol–water partition coefficient (Wildman–Crippen LogP) is 5.77. The lowest BCUT2D eigenvalue weighted by Gasteiger charge is -2.63. The summed E-state index contributed by atoms with van der Waals surface area (Å²) in [6.45, 7) is 19.1. The van der Waals surface area contributed by atoms with Crippen molar-refractivity contribution >= 4 is 0 Å². The molecule has 5 saturated carbocycles. The van der Waals surface area contributed by atoms with Gasteiger partial charge in [-0.3, -0.25) is 4.90 Å². The van der Waals surface area contributed by atoms with Crippen LogP contribution in [0.5, 0.6) is 0 Å². The zero-order valence-corrected chi connectivity index (χ0v) is 32.1. The van der Waals surface area contributed by atoms with Crippen molar-refractivity contribution in [3.63, 3.8) is 0 Å². The molecule has 8 rings (SSSR count). The number of nitrogens with two attached hydrogens (primary N) is 1. The number of aliphatic hydroxyl groups is 2. The minimum absolute atomic E-state index is 0.00789. The monoisotopic (exact) mass is 694 g/mol. The smallest absolute Gasteiger partial charge is 0.170 e. The van der Waals surface area contributed by atoms with Gasteiger partial charge in [0, 0.05) is 26.7 Å². The molecule has 15 atom stereocenters. The van der Waals surface area contributed by atoms with E-state index in [0.717, 1.165) is 58.2 Å². The Balaban J connectivity index is 1.02. The molecule has 7 fully saturated rings. The lowest BCUT2D eigenvalue weighted by molar-refractivity contribution is -0.247. The van der Waals surface area contributed by atoms with E-state index in [1.807, 2.05) is 0 Å². The number of hydrogen-bond donors (Lipinski definition) is 3. The maximum absolute atomic E-state index is 12.5. The number of rotatable bonds is 7. The van der Waals surface area contributed by atoms with Crippen LogP contribution in [0.3, 0.4) is 0 Å². The van der Waals surface area contributed by atoms with Crippen LogP contribution in [0.1, 0.15) is 99.0 Å². The summed E-state index contributed by atoms with van der Waals surface area (Å²) in [7, 11) is 1.65. The summed E-state index contributed by atoms with van der Waals surface area (Å²) in [4.78, 5) is 2.47. The number of morpholine rings is 1. The van der Waals surface area contributed by atoms with Gasteiger partial charge in [-0.2, -0.15) is 0 Å². The summed E-state index contributed by atoms with van der Waals surface area (Å²) in [5.74, 6) is 1.85. The third-order valence-corrected chi connectivity index (χ3v) is 16.9. The zero-order valence-electron chi connectivity index (χ0n) is 32.1. The Morgan fingerprint density at radius 3 is 2.42 bits per heavy atom. The van der Waals surface area contributed by atoms with Gasteiger partial charge in [0.05, 0.1) is 42.2 Å². The van der Waals surface area contributed by atoms with E-state index in [0.29, 0.717) is 24.4 Å². The molecule has 0 radical (unpaired) electrons. The Bertz CT molecular complexity index is 1420. The van der Waals surface area contributed by atoms with E-state index in [2.05, 4.69) is 69.9 Å². The number of hydrogen-bond acceptors (Lipinski definition) is 8. The van der Waals surface area contributed by atoms with Gasteiger partial charge in [0.15, 0.2) is 6.29 Å². The van der Waals surface area contributed by atoms with Crippen LogP contribution in [0.2, 0.25) is 0 Å². The first-order valence-corrected chi connectivity index (χ1v) is 20.0. The van der Waals surface area contributed by atoms with Crippen LogP contribution in [-0.2, 0) is 25.5 Å². The minimum Gasteiger partial charge on any atom is -0.388 e. The maximum atomic E-state index is 12.5. The summed E-state index contributed by atoms with van der Waals surface area (Å²) in [6.07, 6.45) is 5.47. The highest BCUT2D eigenvalue weighted by Crippen LogP contribution is 2.90. The molecule has 1 aromatic rings. The third kappa shape index (κ3) is 4.71. The molecular weight excluding hydrogens is 628 g/mol. The molecule has 1 aromatic carbocycles. The molecule has 2 saturated heterocycles. The Morgan fingerprint density at radius 2 is 1.72 bits per heavy atom. The van der Waals surface area contributed by atoms with Crippen molar-refractivity contribution in [2.24, 2.45) is 57.0 Å². The Morgan fingerprint density at radius 1 is 1.02 bits per heavy atom. The van der Waals surface area contributed by atoms with E-state index in [9.17, 15) is 10.2 Å². The van der Waals surface area contributed by atoms with E-state index in [1.54, 1.807) is 21.0 Å². The minimum atomic E-state index is -1.05. The number of aliphatic hydroxyl groups excluding tert-OH is 1. The molecule has 0 aromatic heterocycles. The second-order valence-corrected chi connectivity index (χ2v) is 19.5. The lowest BCUT2D eigenvalue weighted by atomic mass is 9.43. The highest BCUT2D eigenvalue weighted by atomic mass is 16.7. The molecule has 8 heteroatoms. The number of nitrogens with zero attached hydrogens (tertiary/aromatic N) is 1. The molecule has 4 N–H and O–H groups in total. The van der Waals surface area contributed by atoms with Crippen LogP contribution in [-0.4, -0.2) is 89.9 Å². The summed E-state index contributed by atoms with van der Waals surface area (Å²) >= 11 is 0. The molecule has 8 nitrogen and oxygen atoms in total. The van der Waals surface area contributed by atoms with Gasteiger partial charge in [0.25, 0.3) is 0 Å². The average Bonchev–Trinajstić information content (AvgIpc) is 3.53. The molecule has 2 aliphatic heterocycles. The predicted molar refractivity (Wildman–Crippen MR) is 193 cm³/mol. The van der Waals surface area contributed by atoms with Crippen LogP contribution in [0.15, 0.2) is 30.3 Å². The summed E-state index contributed by atoms with van der Waals surface area (Å²) in [6, 6.07) is 10.7. The molecule has 0 amide bonds. The van der Waals surface area contributed by atoms with Crippen LogP contribution >= 0.6 is 0 Å². The standard InChI is InChI=1S/C42H66N2O6/c1-25-22-28(36(47-8)38(5,6)46)49-34-33(25)39(7)18-19-41-26(2)40(41)17-16-31(37(3,4)29(40)14-15-30(41)42(39,43)35(34)45)50-32-24-44(20-21-48-32)23-27-12-10-9-11-13-27/h9-13,25-26,28-36,45-46H,14-24,43H2,1-8H3. The van der Waals surface area contributed by atoms with Crippen molar-refractivity contribution in [1.29, 1.82) is 0 Å². The molecule has 2 spiro atoms. The topological polar surface area (TPSA) is 107 Å². The molecule has 280 valence electrons. The van der Waals surface area contributed by atoms with E-state index < -0.39 is 23.3 Å². The van der Waals surface area contributed by atoms with Gasteiger partial charge in [0.2, 0.25) is 0 Å². The highest BCUT2D eigenvalue weighted by molar-refractivity contribution is 5.38. The van der Waals surface area contributed by atoms with Crippen LogP contribution < -0.4 is 5.73 Å². The van der Waals surface area contributed by atoms with Gasteiger partial charge < -0.3 is 34.9 Å². The van der Waals surface area contributed by atoms with Crippen LogP contribution in [0.4, 0.5) is 0 Å². The van der Waals surface area contributed by atoms with Crippen molar-refractivity contribution in [2.75, 3.05) is 26.8 Å². The first kappa shape index (κ1) is 35.9. The highest BCUT2D eigenvalue weighted by Gasteiger charge is 2.88. The molecule has 5 aliphatic carbocycles. The van der Waals surface area contributed by atoms with E-state index in [-0.39, 0.29) is 58.1 Å². The molecular formula is C42H66N2O6. The van der Waals surface area contributed by atoms with E-state index in [1.165, 1.54) is 12.0 Å². The van der Waals surface area contributed by atoms with Crippen LogP contribution in [0, 0.1) is 51.2 Å². The van der Waals surface area contributed by atoms with Crippen molar-refractivity contribution in [2.45, 2.75) is 148 Å². The van der Waals surface area contributed by atoms with Crippen molar-refractivity contribution in [3.05, 3.63) is 35.9 Å². The SMILES string of the molecule is COC(C1CC(C)C2C(O1)C(O)C1(N)C3CCC4C(C)(C)C(OC5CN(Cc6ccccc6)CCO5)CCC45C(C)C35CCC21C)C(C)(C)O. The van der Waals surface area contributed by atoms with Crippen molar-refractivity contribution < 1.29 is 29.2 Å². The number of fused-ring (bicyclic) bond motifs is 4. The first-order valence-electron chi connectivity index (χ1n) is 20.0. The normalized spacial score (nSPS) is 50.3. The Hall–Kier alpha value is -1.10. The fourth-order valence-electron chi connectivity index (χ4n) is 14.9. The fourth-order valence-corrected chi connectivity index (χ4v) is 14.9. The van der Waals surface area contributed by atoms with Crippen molar-refractivity contribution in [1.82, 2.24) is 4.90 Å². The van der Waals surface area contributed by atoms with Crippen LogP contribution in [0.25, 0.3) is 0 Å². The number of benzene rings is 1. The second-order valence-electron chi connectivity index (χ2n) is 19.5. The Labute approximate surface area is 301 Å². The van der Waals surface area contributed by atoms with Gasteiger partial charge in [-0.1, -0.05) is 65.0 Å². The summed E-state index contributed by atoms with van der Waals surface area (Å²) in [5, 5.41) is 23.5. The van der Waals surface area contributed by atoms with Gasteiger partial charge >= 0.3 is 0 Å². The summed E-state index contributed by atoms with van der Waals surface area (Å²) < 4.78 is 25.9. The van der Waals surface area contributed by atoms with Crippen molar-refractivity contribution in [3.8, 4) is 0 Å². The maximum Gasteiger partial charge on any atom is 0.170 e. The van der Waals surface area contributed by atoms with Gasteiger partial charge in [0.1, 0.15) is 6.10 Å². The average molecular weight is 695 g/mol. The molecule has 0 bridgehead atoms. The molecule has 50 heavy (non-hydrogen) atoms. The van der Waals surface area contributed by atoms with E-state index >= 15 is 0 Å². The summed E-state index contributed by atoms with van der Waals surface area (Å²) in [5.41, 5.74) is 7.60. The zero-order chi connectivity index (χ0) is 35.6. The van der Waals surface area contributed by atoms with Gasteiger partial charge in [-0.15, -0.1) is 0 Å². The number of methoxy groups -OCH3 is 1. The lowest BCUT2D eigenvalue weighted by Crippen LogP contribution is -2.70. The van der Waals surface area contributed by atoms with Gasteiger partial charge in [-0.25, -0.2) is 0 Å². The first-order chi connectivity index (χ1) is 23.6. The molecule has 7 aliphatic rings. The largest absolute Gasteiger partial charge is 0.388 e.